The van der Waals surface area contributed by atoms with Crippen LogP contribution < -0.4 is 11.3 Å². The largest absolute Gasteiger partial charge is 0.433 e. The van der Waals surface area contributed by atoms with E-state index in [9.17, 15) is 13.2 Å². The SMILES string of the molecule is NNc1nc(Sc2ccccc2Cl)cc(C(F)(F)F)n1. The van der Waals surface area contributed by atoms with Crippen molar-refractivity contribution in [3.63, 3.8) is 0 Å². The quantitative estimate of drug-likeness (QED) is 0.514. The van der Waals surface area contributed by atoms with E-state index in [0.29, 0.717) is 9.92 Å². The molecule has 2 rings (SSSR count). The number of hydrazine groups is 1. The molecule has 0 aliphatic heterocycles. The number of hydrogen-bond donors (Lipinski definition) is 2. The highest BCUT2D eigenvalue weighted by Gasteiger charge is 2.33. The van der Waals surface area contributed by atoms with Gasteiger partial charge in [0.05, 0.1) is 5.02 Å². The maximum Gasteiger partial charge on any atom is 0.433 e. The van der Waals surface area contributed by atoms with Gasteiger partial charge in [-0.25, -0.2) is 15.8 Å². The van der Waals surface area contributed by atoms with Gasteiger partial charge in [0.15, 0.2) is 5.69 Å². The van der Waals surface area contributed by atoms with Crippen LogP contribution in [-0.2, 0) is 6.18 Å². The summed E-state index contributed by atoms with van der Waals surface area (Å²) in [5.74, 6) is 4.77. The highest BCUT2D eigenvalue weighted by molar-refractivity contribution is 7.99. The van der Waals surface area contributed by atoms with E-state index in [0.717, 1.165) is 17.8 Å². The molecular formula is C11H8ClF3N4S. The van der Waals surface area contributed by atoms with Crippen molar-refractivity contribution in [3.05, 3.63) is 41.0 Å². The summed E-state index contributed by atoms with van der Waals surface area (Å²) in [6.45, 7) is 0. The van der Waals surface area contributed by atoms with E-state index in [1.807, 2.05) is 5.43 Å². The Morgan fingerprint density at radius 3 is 2.50 bits per heavy atom. The Labute approximate surface area is 121 Å². The van der Waals surface area contributed by atoms with Crippen molar-refractivity contribution in [2.24, 2.45) is 5.84 Å². The zero-order valence-corrected chi connectivity index (χ0v) is 11.4. The Bertz CT molecular complexity index is 621. The van der Waals surface area contributed by atoms with Gasteiger partial charge >= 0.3 is 6.18 Å². The topological polar surface area (TPSA) is 63.8 Å². The maximum atomic E-state index is 12.7. The van der Waals surface area contributed by atoms with Crippen molar-refractivity contribution in [3.8, 4) is 0 Å². The lowest BCUT2D eigenvalue weighted by Gasteiger charge is -2.10. The molecule has 1 heterocycles. The van der Waals surface area contributed by atoms with E-state index in [1.54, 1.807) is 24.3 Å². The normalized spacial score (nSPS) is 11.4. The summed E-state index contributed by atoms with van der Waals surface area (Å²) < 4.78 is 38.1. The van der Waals surface area contributed by atoms with Crippen molar-refractivity contribution >= 4 is 29.3 Å². The molecule has 4 nitrogen and oxygen atoms in total. The van der Waals surface area contributed by atoms with Gasteiger partial charge in [-0.15, -0.1) is 0 Å². The zero-order chi connectivity index (χ0) is 14.8. The summed E-state index contributed by atoms with van der Waals surface area (Å²) >= 11 is 6.95. The number of alkyl halides is 3. The van der Waals surface area contributed by atoms with E-state index in [-0.39, 0.29) is 11.0 Å². The van der Waals surface area contributed by atoms with Crippen molar-refractivity contribution in [1.82, 2.24) is 9.97 Å². The average Bonchev–Trinajstić information content (AvgIpc) is 2.40. The maximum absolute atomic E-state index is 12.7. The summed E-state index contributed by atoms with van der Waals surface area (Å²) in [6, 6.07) is 7.60. The van der Waals surface area contributed by atoms with Crippen molar-refractivity contribution in [1.29, 1.82) is 0 Å². The molecule has 1 aromatic heterocycles. The number of aromatic nitrogens is 2. The van der Waals surface area contributed by atoms with Crippen LogP contribution >= 0.6 is 23.4 Å². The Hall–Kier alpha value is -1.51. The molecule has 9 heteroatoms. The second-order valence-electron chi connectivity index (χ2n) is 3.59. The first-order valence-corrected chi connectivity index (χ1v) is 6.45. The summed E-state index contributed by atoms with van der Waals surface area (Å²) in [4.78, 5) is 7.71. The molecule has 0 unspecified atom stereocenters. The van der Waals surface area contributed by atoms with Crippen molar-refractivity contribution in [2.45, 2.75) is 16.1 Å². The number of nitrogen functional groups attached to an aromatic ring is 1. The number of nitrogens with two attached hydrogens (primary N) is 1. The summed E-state index contributed by atoms with van der Waals surface area (Å²) in [7, 11) is 0. The van der Waals surface area contributed by atoms with Crippen LogP contribution in [0.3, 0.4) is 0 Å². The monoisotopic (exact) mass is 320 g/mol. The Balaban J connectivity index is 2.39. The summed E-state index contributed by atoms with van der Waals surface area (Å²) in [5.41, 5.74) is 0.938. The fourth-order valence-electron chi connectivity index (χ4n) is 1.33. The first-order valence-electron chi connectivity index (χ1n) is 5.25. The Morgan fingerprint density at radius 1 is 1.20 bits per heavy atom. The van der Waals surface area contributed by atoms with Gasteiger partial charge in [0.1, 0.15) is 5.03 Å². The fourth-order valence-corrected chi connectivity index (χ4v) is 2.42. The first-order chi connectivity index (χ1) is 9.40. The molecule has 106 valence electrons. The van der Waals surface area contributed by atoms with E-state index >= 15 is 0 Å². The molecule has 0 radical (unpaired) electrons. The summed E-state index contributed by atoms with van der Waals surface area (Å²) in [5, 5.41) is 0.514. The smallest absolute Gasteiger partial charge is 0.292 e. The molecule has 0 aliphatic carbocycles. The van der Waals surface area contributed by atoms with Gasteiger partial charge in [0, 0.05) is 11.0 Å². The van der Waals surface area contributed by atoms with Crippen LogP contribution in [0.2, 0.25) is 5.02 Å². The number of benzene rings is 1. The number of hydrogen-bond acceptors (Lipinski definition) is 5. The van der Waals surface area contributed by atoms with Gasteiger partial charge < -0.3 is 0 Å². The van der Waals surface area contributed by atoms with Gasteiger partial charge in [0.2, 0.25) is 5.95 Å². The molecule has 0 spiro atoms. The van der Waals surface area contributed by atoms with Gasteiger partial charge in [0.25, 0.3) is 0 Å². The molecule has 0 saturated heterocycles. The number of nitrogens with zero attached hydrogens (tertiary/aromatic N) is 2. The van der Waals surface area contributed by atoms with Crippen LogP contribution in [0.15, 0.2) is 40.3 Å². The van der Waals surface area contributed by atoms with Gasteiger partial charge in [-0.2, -0.15) is 13.2 Å². The molecule has 0 amide bonds. The molecule has 0 aliphatic rings. The van der Waals surface area contributed by atoms with E-state index < -0.39 is 11.9 Å². The average molecular weight is 321 g/mol. The van der Waals surface area contributed by atoms with Crippen LogP contribution in [0, 0.1) is 0 Å². The van der Waals surface area contributed by atoms with Gasteiger partial charge in [-0.1, -0.05) is 35.5 Å². The van der Waals surface area contributed by atoms with Crippen LogP contribution in [0.1, 0.15) is 5.69 Å². The van der Waals surface area contributed by atoms with Crippen molar-refractivity contribution < 1.29 is 13.2 Å². The minimum atomic E-state index is -4.58. The third kappa shape index (κ3) is 3.53. The van der Waals surface area contributed by atoms with E-state index in [1.165, 1.54) is 0 Å². The Morgan fingerprint density at radius 2 is 1.90 bits per heavy atom. The number of rotatable bonds is 3. The zero-order valence-electron chi connectivity index (χ0n) is 9.78. The molecule has 2 aromatic rings. The highest BCUT2D eigenvalue weighted by atomic mass is 35.5. The molecule has 1 aromatic carbocycles. The van der Waals surface area contributed by atoms with Crippen LogP contribution in [0.5, 0.6) is 0 Å². The third-order valence-corrected chi connectivity index (χ3v) is 3.61. The lowest BCUT2D eigenvalue weighted by molar-refractivity contribution is -0.141. The Kier molecular flexibility index (Phi) is 4.36. The minimum absolute atomic E-state index is 0.0911. The summed E-state index contributed by atoms with van der Waals surface area (Å²) in [6.07, 6.45) is -4.58. The van der Waals surface area contributed by atoms with Crippen LogP contribution in [0.25, 0.3) is 0 Å². The fraction of sp³-hybridized carbons (Fsp3) is 0.0909. The minimum Gasteiger partial charge on any atom is -0.292 e. The van der Waals surface area contributed by atoms with Crippen LogP contribution in [0.4, 0.5) is 19.1 Å². The predicted molar refractivity (Wildman–Crippen MR) is 70.4 cm³/mol. The highest BCUT2D eigenvalue weighted by Crippen LogP contribution is 2.35. The lowest BCUT2D eigenvalue weighted by atomic mass is 10.4. The molecular weight excluding hydrogens is 313 g/mol. The molecule has 0 atom stereocenters. The molecule has 3 N–H and O–H groups in total. The molecule has 0 fully saturated rings. The van der Waals surface area contributed by atoms with Gasteiger partial charge in [-0.05, 0) is 12.1 Å². The number of anilines is 1. The number of halogens is 4. The molecule has 0 bridgehead atoms. The van der Waals surface area contributed by atoms with E-state index in [2.05, 4.69) is 9.97 Å². The lowest BCUT2D eigenvalue weighted by Crippen LogP contribution is -2.15. The number of nitrogens with one attached hydrogen (secondary N) is 1. The second kappa shape index (κ2) is 5.86. The predicted octanol–water partition coefficient (Wildman–Crippen LogP) is 3.59. The molecule has 20 heavy (non-hydrogen) atoms. The van der Waals surface area contributed by atoms with Gasteiger partial charge in [-0.3, -0.25) is 5.43 Å². The second-order valence-corrected chi connectivity index (χ2v) is 5.06. The standard InChI is InChI=1S/C11H8ClF3N4S/c12-6-3-1-2-4-7(6)20-9-5-8(11(13,14)15)17-10(18-9)19-16/h1-5H,16H2,(H,17,18,19). The first kappa shape index (κ1) is 14.9. The van der Waals surface area contributed by atoms with Crippen LogP contribution in [-0.4, -0.2) is 9.97 Å². The molecule has 0 saturated carbocycles. The van der Waals surface area contributed by atoms with Crippen molar-refractivity contribution in [2.75, 3.05) is 5.43 Å². The third-order valence-electron chi connectivity index (χ3n) is 2.17. The van der Waals surface area contributed by atoms with E-state index in [4.69, 9.17) is 17.4 Å².